The number of carbonyl (C=O) groups excluding carboxylic acids is 1. The van der Waals surface area contributed by atoms with Crippen molar-refractivity contribution < 1.29 is 14.6 Å². The van der Waals surface area contributed by atoms with Crippen LogP contribution in [0.25, 0.3) is 0 Å². The van der Waals surface area contributed by atoms with Crippen molar-refractivity contribution in [1.82, 2.24) is 4.57 Å². The van der Waals surface area contributed by atoms with Gasteiger partial charge in [-0.1, -0.05) is 25.1 Å². The highest BCUT2D eigenvalue weighted by atomic mass is 16.5. The van der Waals surface area contributed by atoms with Crippen LogP contribution in [-0.2, 0) is 22.7 Å². The number of aryl methyl sites for hydroxylation is 2. The average molecular weight is 343 g/mol. The van der Waals surface area contributed by atoms with E-state index in [-0.39, 0.29) is 30.5 Å². The number of aromatic nitrogens is 1. The zero-order valence-corrected chi connectivity index (χ0v) is 15.0. The molecule has 1 unspecified atom stereocenters. The predicted octanol–water partition coefficient (Wildman–Crippen LogP) is 2.75. The number of rotatable bonds is 7. The highest BCUT2D eigenvalue weighted by Crippen LogP contribution is 2.29. The molecule has 2 aromatic rings. The summed E-state index contributed by atoms with van der Waals surface area (Å²) in [5.74, 6) is -0.629. The Morgan fingerprint density at radius 1 is 1.24 bits per heavy atom. The lowest BCUT2D eigenvalue weighted by Gasteiger charge is -2.19. The van der Waals surface area contributed by atoms with Crippen molar-refractivity contribution in [2.45, 2.75) is 45.8 Å². The van der Waals surface area contributed by atoms with E-state index in [9.17, 15) is 14.7 Å². The van der Waals surface area contributed by atoms with Gasteiger partial charge in [0, 0.05) is 24.7 Å². The second kappa shape index (κ2) is 8.62. The highest BCUT2D eigenvalue weighted by Gasteiger charge is 2.20. The second-order valence-corrected chi connectivity index (χ2v) is 6.17. The molecular weight excluding hydrogens is 318 g/mol. The minimum atomic E-state index is -0.339. The van der Waals surface area contributed by atoms with Gasteiger partial charge in [0.05, 0.1) is 20.1 Å². The molecule has 0 bridgehead atoms. The summed E-state index contributed by atoms with van der Waals surface area (Å²) in [6, 6.07) is 9.20. The fraction of sp³-hybridized carbons (Fsp3) is 0.400. The minimum Gasteiger partial charge on any atom is -0.469 e. The van der Waals surface area contributed by atoms with Crippen LogP contribution < -0.4 is 5.56 Å². The van der Waals surface area contributed by atoms with E-state index in [1.54, 1.807) is 16.8 Å². The molecule has 5 heteroatoms. The summed E-state index contributed by atoms with van der Waals surface area (Å²) < 4.78 is 6.48. The molecular formula is C20H25NO4. The van der Waals surface area contributed by atoms with Crippen LogP contribution in [-0.4, -0.2) is 22.8 Å². The fourth-order valence-corrected chi connectivity index (χ4v) is 2.92. The monoisotopic (exact) mass is 343 g/mol. The van der Waals surface area contributed by atoms with E-state index in [0.29, 0.717) is 6.54 Å². The molecule has 0 aliphatic carbocycles. The number of methoxy groups -OCH3 is 1. The quantitative estimate of drug-likeness (QED) is 0.785. The maximum atomic E-state index is 12.3. The molecule has 134 valence electrons. The summed E-state index contributed by atoms with van der Waals surface area (Å²) in [5.41, 5.74) is 3.38. The third-order valence-corrected chi connectivity index (χ3v) is 4.43. The van der Waals surface area contributed by atoms with Gasteiger partial charge in [0.25, 0.3) is 5.56 Å². The van der Waals surface area contributed by atoms with Crippen LogP contribution in [0.4, 0.5) is 0 Å². The number of hydrogen-bond acceptors (Lipinski definition) is 4. The molecule has 2 rings (SSSR count). The lowest BCUT2D eigenvalue weighted by Crippen LogP contribution is -2.20. The van der Waals surface area contributed by atoms with E-state index in [1.165, 1.54) is 7.11 Å². The summed E-state index contributed by atoms with van der Waals surface area (Å²) in [5, 5.41) is 9.52. The molecule has 0 aliphatic heterocycles. The molecule has 1 aromatic heterocycles. The van der Waals surface area contributed by atoms with E-state index in [0.717, 1.165) is 28.7 Å². The van der Waals surface area contributed by atoms with Crippen LogP contribution in [0, 0.1) is 6.92 Å². The Morgan fingerprint density at radius 2 is 1.96 bits per heavy atom. The van der Waals surface area contributed by atoms with E-state index < -0.39 is 0 Å². The number of aliphatic hydroxyl groups is 1. The number of benzene rings is 1. The number of hydrogen-bond donors (Lipinski definition) is 1. The largest absolute Gasteiger partial charge is 0.469 e. The summed E-state index contributed by atoms with van der Waals surface area (Å²) in [4.78, 5) is 24.2. The van der Waals surface area contributed by atoms with Crippen LogP contribution in [0.5, 0.6) is 0 Å². The molecule has 0 radical (unpaired) electrons. The molecule has 0 fully saturated rings. The fourth-order valence-electron chi connectivity index (χ4n) is 2.92. The highest BCUT2D eigenvalue weighted by molar-refractivity contribution is 5.71. The van der Waals surface area contributed by atoms with Crippen molar-refractivity contribution in [2.75, 3.05) is 7.11 Å². The number of nitrogens with zero attached hydrogens (tertiary/aromatic N) is 1. The zero-order valence-electron chi connectivity index (χ0n) is 15.0. The second-order valence-electron chi connectivity index (χ2n) is 6.17. The van der Waals surface area contributed by atoms with Gasteiger partial charge in [-0.2, -0.15) is 0 Å². The number of aliphatic hydroxyl groups excluding tert-OH is 1. The Bertz CT molecular complexity index is 795. The number of pyridine rings is 1. The first-order chi connectivity index (χ1) is 12.0. The van der Waals surface area contributed by atoms with E-state index in [1.807, 2.05) is 38.1 Å². The Balaban J connectivity index is 2.48. The molecule has 0 spiro atoms. The van der Waals surface area contributed by atoms with Crippen molar-refractivity contribution in [1.29, 1.82) is 0 Å². The van der Waals surface area contributed by atoms with Gasteiger partial charge >= 0.3 is 5.97 Å². The molecule has 0 saturated carbocycles. The third kappa shape index (κ3) is 4.57. The lowest BCUT2D eigenvalue weighted by atomic mass is 9.87. The van der Waals surface area contributed by atoms with E-state index in [2.05, 4.69) is 0 Å². The molecule has 1 heterocycles. The Labute approximate surface area is 147 Å². The smallest absolute Gasteiger partial charge is 0.306 e. The molecule has 1 atom stereocenters. The number of ether oxygens (including phenoxy) is 1. The standard InChI is InChI=1S/C20H25NO4/c1-4-8-21-9-7-16(11-19(21)23)18(12-20(24)25-3)15-6-5-14(2)17(10-15)13-22/h5-7,9-11,18,22H,4,8,12-13H2,1-3H3. The van der Waals surface area contributed by atoms with Crippen LogP contribution in [0.1, 0.15) is 47.9 Å². The van der Waals surface area contributed by atoms with Gasteiger partial charge in [-0.15, -0.1) is 0 Å². The number of esters is 1. The van der Waals surface area contributed by atoms with Gasteiger partial charge in [-0.05, 0) is 41.7 Å². The first-order valence-electron chi connectivity index (χ1n) is 8.47. The third-order valence-electron chi connectivity index (χ3n) is 4.43. The molecule has 1 N–H and O–H groups in total. The molecule has 0 saturated heterocycles. The predicted molar refractivity (Wildman–Crippen MR) is 96.6 cm³/mol. The van der Waals surface area contributed by atoms with Crippen molar-refractivity contribution >= 4 is 5.97 Å². The van der Waals surface area contributed by atoms with Gasteiger partial charge in [0.2, 0.25) is 0 Å². The maximum Gasteiger partial charge on any atom is 0.306 e. The van der Waals surface area contributed by atoms with Gasteiger partial charge in [-0.3, -0.25) is 9.59 Å². The molecule has 25 heavy (non-hydrogen) atoms. The number of carbonyl (C=O) groups is 1. The van der Waals surface area contributed by atoms with Gasteiger partial charge < -0.3 is 14.4 Å². The first-order valence-corrected chi connectivity index (χ1v) is 8.47. The summed E-state index contributed by atoms with van der Waals surface area (Å²) in [6.07, 6.45) is 2.79. The van der Waals surface area contributed by atoms with Crippen LogP contribution in [0.2, 0.25) is 0 Å². The Hall–Kier alpha value is -2.40. The minimum absolute atomic E-state index is 0.0668. The maximum absolute atomic E-state index is 12.3. The van der Waals surface area contributed by atoms with E-state index >= 15 is 0 Å². The van der Waals surface area contributed by atoms with E-state index in [4.69, 9.17) is 4.74 Å². The Kier molecular flexibility index (Phi) is 6.53. The van der Waals surface area contributed by atoms with Crippen LogP contribution >= 0.6 is 0 Å². The molecule has 0 amide bonds. The van der Waals surface area contributed by atoms with Gasteiger partial charge in [0.15, 0.2) is 0 Å². The zero-order chi connectivity index (χ0) is 18.4. The van der Waals surface area contributed by atoms with Crippen molar-refractivity contribution in [2.24, 2.45) is 0 Å². The summed E-state index contributed by atoms with van der Waals surface area (Å²) in [6.45, 7) is 4.54. The van der Waals surface area contributed by atoms with Crippen LogP contribution in [0.15, 0.2) is 41.3 Å². The Morgan fingerprint density at radius 3 is 2.56 bits per heavy atom. The SMILES string of the molecule is CCCn1ccc(C(CC(=O)OC)c2ccc(C)c(CO)c2)cc1=O. The summed E-state index contributed by atoms with van der Waals surface area (Å²) in [7, 11) is 1.35. The molecule has 5 nitrogen and oxygen atoms in total. The van der Waals surface area contributed by atoms with Gasteiger partial charge in [0.1, 0.15) is 0 Å². The first kappa shape index (κ1) is 18.9. The van der Waals surface area contributed by atoms with Crippen molar-refractivity contribution in [3.8, 4) is 0 Å². The van der Waals surface area contributed by atoms with Gasteiger partial charge in [-0.25, -0.2) is 0 Å². The normalized spacial score (nSPS) is 12.0. The topological polar surface area (TPSA) is 68.5 Å². The average Bonchev–Trinajstić information content (AvgIpc) is 2.62. The summed E-state index contributed by atoms with van der Waals surface area (Å²) >= 11 is 0. The molecule has 0 aliphatic rings. The van der Waals surface area contributed by atoms with Crippen molar-refractivity contribution in [3.05, 3.63) is 69.1 Å². The lowest BCUT2D eigenvalue weighted by molar-refractivity contribution is -0.140. The molecule has 1 aromatic carbocycles. The van der Waals surface area contributed by atoms with Crippen LogP contribution in [0.3, 0.4) is 0 Å². The van der Waals surface area contributed by atoms with Crippen molar-refractivity contribution in [3.63, 3.8) is 0 Å².